The number of rotatable bonds is 3. The summed E-state index contributed by atoms with van der Waals surface area (Å²) in [5.41, 5.74) is 6.73. The van der Waals surface area contributed by atoms with Gasteiger partial charge in [-0.25, -0.2) is 0 Å². The van der Waals surface area contributed by atoms with Gasteiger partial charge >= 0.3 is 0 Å². The van der Waals surface area contributed by atoms with Crippen molar-refractivity contribution in [2.45, 2.75) is 49.2 Å². The van der Waals surface area contributed by atoms with E-state index in [-0.39, 0.29) is 0 Å². The summed E-state index contributed by atoms with van der Waals surface area (Å²) in [6.07, 6.45) is 10.4. The Morgan fingerprint density at radius 3 is 2.75 bits per heavy atom. The van der Waals surface area contributed by atoms with Crippen molar-refractivity contribution in [2.75, 3.05) is 5.73 Å². The molecule has 16 heavy (non-hydrogen) atoms. The van der Waals surface area contributed by atoms with Gasteiger partial charge in [-0.2, -0.15) is 0 Å². The summed E-state index contributed by atoms with van der Waals surface area (Å²) in [6, 6.07) is 2.03. The number of aromatic nitrogens is 1. The zero-order valence-electron chi connectivity index (χ0n) is 9.86. The molecule has 3 heteroatoms. The van der Waals surface area contributed by atoms with Gasteiger partial charge in [0, 0.05) is 16.3 Å². The zero-order chi connectivity index (χ0) is 11.4. The van der Waals surface area contributed by atoms with Crippen LogP contribution in [0.2, 0.25) is 0 Å². The van der Waals surface area contributed by atoms with E-state index >= 15 is 0 Å². The number of nitrogens with zero attached hydrogens (tertiary/aromatic N) is 1. The van der Waals surface area contributed by atoms with E-state index in [1.165, 1.54) is 37.0 Å². The fraction of sp³-hybridized carbons (Fsp3) is 0.615. The first-order chi connectivity index (χ1) is 7.79. The van der Waals surface area contributed by atoms with Crippen LogP contribution in [0.5, 0.6) is 0 Å². The van der Waals surface area contributed by atoms with Crippen LogP contribution in [0, 0.1) is 5.92 Å². The first kappa shape index (κ1) is 11.8. The fourth-order valence-electron chi connectivity index (χ4n) is 2.34. The molecule has 1 aromatic heterocycles. The molecule has 0 amide bonds. The van der Waals surface area contributed by atoms with E-state index in [0.29, 0.717) is 0 Å². The quantitative estimate of drug-likeness (QED) is 0.869. The Labute approximate surface area is 102 Å². The minimum atomic E-state index is 0.757. The van der Waals surface area contributed by atoms with Crippen LogP contribution in [0.25, 0.3) is 0 Å². The van der Waals surface area contributed by atoms with Crippen molar-refractivity contribution in [1.82, 2.24) is 4.98 Å². The van der Waals surface area contributed by atoms with Gasteiger partial charge in [-0.3, -0.25) is 4.98 Å². The predicted octanol–water partition coefficient (Wildman–Crippen LogP) is 3.72. The molecule has 0 aromatic carbocycles. The molecule has 0 saturated heterocycles. The molecule has 0 atom stereocenters. The van der Waals surface area contributed by atoms with Crippen molar-refractivity contribution >= 4 is 17.4 Å². The van der Waals surface area contributed by atoms with Crippen LogP contribution in [0.4, 0.5) is 5.69 Å². The molecule has 0 radical (unpaired) electrons. The Kier molecular flexibility index (Phi) is 4.10. The summed E-state index contributed by atoms with van der Waals surface area (Å²) in [6.45, 7) is 2.30. The number of hydrogen-bond donors (Lipinski definition) is 1. The summed E-state index contributed by atoms with van der Waals surface area (Å²) in [5, 5.41) is 0.757. The summed E-state index contributed by atoms with van der Waals surface area (Å²) < 4.78 is 0. The lowest BCUT2D eigenvalue weighted by Gasteiger charge is -2.27. The topological polar surface area (TPSA) is 38.9 Å². The molecule has 2 rings (SSSR count). The maximum absolute atomic E-state index is 5.91. The molecule has 0 spiro atoms. The van der Waals surface area contributed by atoms with Crippen molar-refractivity contribution in [3.8, 4) is 0 Å². The molecule has 88 valence electrons. The molecule has 0 aliphatic heterocycles. The average Bonchev–Trinajstić information content (AvgIpc) is 2.33. The van der Waals surface area contributed by atoms with Crippen molar-refractivity contribution in [3.63, 3.8) is 0 Å². The van der Waals surface area contributed by atoms with Crippen molar-refractivity contribution in [2.24, 2.45) is 5.92 Å². The minimum Gasteiger partial charge on any atom is -0.397 e. The third-order valence-corrected chi connectivity index (χ3v) is 4.91. The molecule has 0 unspecified atom stereocenters. The van der Waals surface area contributed by atoms with Crippen LogP contribution in [-0.2, 0) is 0 Å². The summed E-state index contributed by atoms with van der Waals surface area (Å²) in [7, 11) is 0. The van der Waals surface area contributed by atoms with Gasteiger partial charge in [-0.05, 0) is 37.7 Å². The smallest absolute Gasteiger partial charge is 0.0638 e. The lowest BCUT2D eigenvalue weighted by molar-refractivity contribution is 0.356. The molecule has 1 fully saturated rings. The minimum absolute atomic E-state index is 0.757. The highest BCUT2D eigenvalue weighted by molar-refractivity contribution is 8.00. The van der Waals surface area contributed by atoms with Crippen LogP contribution in [0.3, 0.4) is 0 Å². The monoisotopic (exact) mass is 236 g/mol. The highest BCUT2D eigenvalue weighted by Crippen LogP contribution is 2.38. The van der Waals surface area contributed by atoms with Gasteiger partial charge in [0.15, 0.2) is 0 Å². The summed E-state index contributed by atoms with van der Waals surface area (Å²) in [4.78, 5) is 5.23. The Morgan fingerprint density at radius 2 is 2.12 bits per heavy atom. The highest BCUT2D eigenvalue weighted by atomic mass is 32.2. The standard InChI is InChI=1S/C13H20N2S/c1-2-10-3-5-11(6-4-10)16-13-7-8-15-9-12(13)14/h7-11H,2-6,14H2,1H3. The third-order valence-electron chi connectivity index (χ3n) is 3.47. The zero-order valence-corrected chi connectivity index (χ0v) is 10.7. The van der Waals surface area contributed by atoms with Gasteiger partial charge in [0.2, 0.25) is 0 Å². The van der Waals surface area contributed by atoms with Gasteiger partial charge in [0.05, 0.1) is 11.9 Å². The first-order valence-corrected chi connectivity index (χ1v) is 7.03. The van der Waals surface area contributed by atoms with Crippen molar-refractivity contribution in [3.05, 3.63) is 18.5 Å². The first-order valence-electron chi connectivity index (χ1n) is 6.15. The molecule has 1 aliphatic carbocycles. The molecule has 1 saturated carbocycles. The van der Waals surface area contributed by atoms with Crippen molar-refractivity contribution in [1.29, 1.82) is 0 Å². The second-order valence-corrected chi connectivity index (χ2v) is 5.92. The summed E-state index contributed by atoms with van der Waals surface area (Å²) >= 11 is 1.94. The second-order valence-electron chi connectivity index (χ2n) is 4.58. The van der Waals surface area contributed by atoms with Crippen LogP contribution in [0.15, 0.2) is 23.4 Å². The lowest BCUT2D eigenvalue weighted by Crippen LogP contribution is -2.15. The van der Waals surface area contributed by atoms with Gasteiger partial charge < -0.3 is 5.73 Å². The number of nitrogen functional groups attached to an aromatic ring is 1. The third kappa shape index (κ3) is 2.91. The van der Waals surface area contributed by atoms with E-state index in [2.05, 4.69) is 11.9 Å². The normalized spacial score (nSPS) is 25.6. The van der Waals surface area contributed by atoms with E-state index in [9.17, 15) is 0 Å². The average molecular weight is 236 g/mol. The number of hydrogen-bond acceptors (Lipinski definition) is 3. The molecule has 0 bridgehead atoms. The Bertz CT molecular complexity index is 332. The van der Waals surface area contributed by atoms with E-state index in [0.717, 1.165) is 16.9 Å². The number of thioether (sulfide) groups is 1. The predicted molar refractivity (Wildman–Crippen MR) is 70.5 cm³/mol. The Hall–Kier alpha value is -0.700. The number of anilines is 1. The largest absolute Gasteiger partial charge is 0.397 e. The van der Waals surface area contributed by atoms with Gasteiger partial charge in [-0.15, -0.1) is 11.8 Å². The van der Waals surface area contributed by atoms with Gasteiger partial charge in [-0.1, -0.05) is 13.3 Å². The van der Waals surface area contributed by atoms with Crippen LogP contribution >= 0.6 is 11.8 Å². The summed E-state index contributed by atoms with van der Waals surface area (Å²) in [5.74, 6) is 0.964. The van der Waals surface area contributed by atoms with E-state index < -0.39 is 0 Å². The molecule has 2 N–H and O–H groups in total. The van der Waals surface area contributed by atoms with Crippen LogP contribution in [-0.4, -0.2) is 10.2 Å². The molecule has 1 heterocycles. The number of pyridine rings is 1. The van der Waals surface area contributed by atoms with Crippen molar-refractivity contribution < 1.29 is 0 Å². The fourth-order valence-corrected chi connectivity index (χ4v) is 3.53. The second kappa shape index (κ2) is 5.58. The van der Waals surface area contributed by atoms with E-state index in [4.69, 9.17) is 5.73 Å². The Balaban J connectivity index is 1.89. The maximum atomic E-state index is 5.91. The van der Waals surface area contributed by atoms with Crippen LogP contribution in [0.1, 0.15) is 39.0 Å². The molecule has 1 aromatic rings. The molecule has 1 aliphatic rings. The maximum Gasteiger partial charge on any atom is 0.0638 e. The Morgan fingerprint density at radius 1 is 1.38 bits per heavy atom. The van der Waals surface area contributed by atoms with E-state index in [1.807, 2.05) is 24.0 Å². The van der Waals surface area contributed by atoms with E-state index in [1.54, 1.807) is 6.20 Å². The molecular formula is C13H20N2S. The number of nitrogens with two attached hydrogens (primary N) is 1. The van der Waals surface area contributed by atoms with Crippen LogP contribution < -0.4 is 5.73 Å². The van der Waals surface area contributed by atoms with Gasteiger partial charge in [0.25, 0.3) is 0 Å². The molecular weight excluding hydrogens is 216 g/mol. The highest BCUT2D eigenvalue weighted by Gasteiger charge is 2.21. The lowest BCUT2D eigenvalue weighted by atomic mass is 9.87. The SMILES string of the molecule is CCC1CCC(Sc2ccncc2N)CC1. The van der Waals surface area contributed by atoms with Gasteiger partial charge in [0.1, 0.15) is 0 Å². The molecule has 2 nitrogen and oxygen atoms in total.